The van der Waals surface area contributed by atoms with Gasteiger partial charge in [0, 0.05) is 13.8 Å². The molecule has 0 heterocycles. The van der Waals surface area contributed by atoms with Crippen molar-refractivity contribution in [2.75, 3.05) is 13.1 Å². The van der Waals surface area contributed by atoms with Gasteiger partial charge in [-0.05, 0) is 6.92 Å². The van der Waals surface area contributed by atoms with Crippen molar-refractivity contribution in [3.63, 3.8) is 0 Å². The van der Waals surface area contributed by atoms with Crippen LogP contribution < -0.4 is 11.1 Å². The van der Waals surface area contributed by atoms with E-state index in [0.717, 1.165) is 13.8 Å². The predicted octanol–water partition coefficient (Wildman–Crippen LogP) is -1.65. The van der Waals surface area contributed by atoms with E-state index in [4.69, 9.17) is 40.9 Å². The summed E-state index contributed by atoms with van der Waals surface area (Å²) < 4.78 is 0. The normalized spacial score (nSPS) is 9.22. The number of nitrogens with two attached hydrogens (primary N) is 1. The molecule has 0 saturated heterocycles. The van der Waals surface area contributed by atoms with Crippen molar-refractivity contribution in [2.45, 2.75) is 26.8 Å². The molecule has 0 aromatic heterocycles. The molecule has 0 spiro atoms. The van der Waals surface area contributed by atoms with Crippen LogP contribution in [0.4, 0.5) is 0 Å². The first-order chi connectivity index (χ1) is 10.2. The van der Waals surface area contributed by atoms with Crippen molar-refractivity contribution in [1.29, 1.82) is 0 Å². The molecule has 0 aromatic carbocycles. The number of aliphatic carboxylic acids is 5. The fraction of sp³-hybridized carbons (Fsp3) is 0.545. The van der Waals surface area contributed by atoms with Gasteiger partial charge < -0.3 is 31.3 Å². The molecule has 12 heteroatoms. The molecule has 0 aromatic rings. The summed E-state index contributed by atoms with van der Waals surface area (Å²) in [4.78, 5) is 47.0. The summed E-state index contributed by atoms with van der Waals surface area (Å²) in [6, 6.07) is -0.731. The zero-order valence-corrected chi connectivity index (χ0v) is 12.8. The Morgan fingerprint density at radius 3 is 1.09 bits per heavy atom. The Morgan fingerprint density at radius 2 is 1.00 bits per heavy atom. The molecule has 8 N–H and O–H groups in total. The lowest BCUT2D eigenvalue weighted by molar-refractivity contribution is -0.139. The summed E-state index contributed by atoms with van der Waals surface area (Å²) in [6.07, 6.45) is 0. The van der Waals surface area contributed by atoms with Crippen LogP contribution >= 0.6 is 0 Å². The second-order valence-electron chi connectivity index (χ2n) is 3.56. The van der Waals surface area contributed by atoms with Gasteiger partial charge in [-0.1, -0.05) is 0 Å². The molecular weight excluding hydrogens is 320 g/mol. The van der Waals surface area contributed by atoms with Crippen molar-refractivity contribution in [2.24, 2.45) is 5.73 Å². The van der Waals surface area contributed by atoms with Crippen molar-refractivity contribution in [1.82, 2.24) is 5.32 Å². The number of nitrogens with one attached hydrogen (secondary N) is 1. The van der Waals surface area contributed by atoms with Crippen LogP contribution in [-0.2, 0) is 24.0 Å². The Kier molecular flexibility index (Phi) is 23.8. The minimum atomic E-state index is -1.06. The van der Waals surface area contributed by atoms with Crippen molar-refractivity contribution in [3.8, 4) is 0 Å². The number of rotatable bonds is 5. The summed E-state index contributed by atoms with van der Waals surface area (Å²) in [5.74, 6) is -4.75. The molecule has 0 aliphatic carbocycles. The summed E-state index contributed by atoms with van der Waals surface area (Å²) in [5.41, 5.74) is 4.84. The van der Waals surface area contributed by atoms with E-state index in [1.807, 2.05) is 0 Å². The third kappa shape index (κ3) is 109. The molecule has 0 amide bonds. The largest absolute Gasteiger partial charge is 0.481 e. The average molecular weight is 342 g/mol. The molecular formula is C11H22N2O10. The summed E-state index contributed by atoms with van der Waals surface area (Å²) in [6.45, 7) is 2.96. The highest BCUT2D eigenvalue weighted by molar-refractivity contribution is 5.72. The number of carbonyl (C=O) groups is 5. The van der Waals surface area contributed by atoms with Gasteiger partial charge in [-0.25, -0.2) is 0 Å². The molecule has 0 radical (unpaired) electrons. The van der Waals surface area contributed by atoms with Crippen LogP contribution in [0.5, 0.6) is 0 Å². The van der Waals surface area contributed by atoms with Crippen LogP contribution in [0.3, 0.4) is 0 Å². The third-order valence-electron chi connectivity index (χ3n) is 0.942. The number of carboxylic acid groups (broad SMARTS) is 5. The number of hydrogen-bond donors (Lipinski definition) is 7. The summed E-state index contributed by atoms with van der Waals surface area (Å²) in [7, 11) is 0. The quantitative estimate of drug-likeness (QED) is 0.298. The van der Waals surface area contributed by atoms with Gasteiger partial charge >= 0.3 is 17.9 Å². The molecule has 0 fully saturated rings. The highest BCUT2D eigenvalue weighted by Gasteiger charge is 1.99. The third-order valence-corrected chi connectivity index (χ3v) is 0.942. The maximum absolute atomic E-state index is 9.73. The van der Waals surface area contributed by atoms with E-state index in [1.165, 1.54) is 6.92 Å². The Morgan fingerprint density at radius 1 is 0.826 bits per heavy atom. The lowest BCUT2D eigenvalue weighted by Gasteiger charge is -1.93. The maximum Gasteiger partial charge on any atom is 0.320 e. The predicted molar refractivity (Wildman–Crippen MR) is 76.0 cm³/mol. The number of hydrogen-bond acceptors (Lipinski definition) is 7. The molecule has 1 atom stereocenters. The van der Waals surface area contributed by atoms with E-state index in [2.05, 4.69) is 5.32 Å². The fourth-order valence-corrected chi connectivity index (χ4v) is 0.276. The standard InChI is InChI=1S/C4H7NO4.C3H7NO2.2C2H4O2/c6-3(7)1-5-2-4(8)9;1-2(4)3(5)6;2*1-2(3)4/h5H,1-2H2,(H,6,7)(H,8,9);2H,4H2,1H3,(H,5,6);2*1H3,(H,3,4). The van der Waals surface area contributed by atoms with E-state index in [0.29, 0.717) is 0 Å². The van der Waals surface area contributed by atoms with Gasteiger partial charge in [-0.3, -0.25) is 29.3 Å². The van der Waals surface area contributed by atoms with Crippen molar-refractivity contribution in [3.05, 3.63) is 0 Å². The molecule has 0 aliphatic rings. The van der Waals surface area contributed by atoms with Gasteiger partial charge in [0.2, 0.25) is 0 Å². The van der Waals surface area contributed by atoms with E-state index in [9.17, 15) is 14.4 Å². The minimum absolute atomic E-state index is 0.313. The zero-order chi connectivity index (χ0) is 19.6. The smallest absolute Gasteiger partial charge is 0.320 e. The van der Waals surface area contributed by atoms with Crippen LogP contribution in [0.15, 0.2) is 0 Å². The Balaban J connectivity index is -0.000000112. The van der Waals surface area contributed by atoms with Crippen molar-refractivity contribution < 1.29 is 49.5 Å². The van der Waals surface area contributed by atoms with Gasteiger partial charge in [-0.15, -0.1) is 0 Å². The Labute approximate surface area is 131 Å². The summed E-state index contributed by atoms with van der Waals surface area (Å²) >= 11 is 0. The van der Waals surface area contributed by atoms with Gasteiger partial charge in [0.15, 0.2) is 0 Å². The second-order valence-corrected chi connectivity index (χ2v) is 3.56. The molecule has 12 nitrogen and oxygen atoms in total. The van der Waals surface area contributed by atoms with Crippen molar-refractivity contribution >= 4 is 29.8 Å². The zero-order valence-electron chi connectivity index (χ0n) is 12.8. The van der Waals surface area contributed by atoms with Gasteiger partial charge in [0.1, 0.15) is 6.04 Å². The van der Waals surface area contributed by atoms with E-state index in [1.54, 1.807) is 0 Å². The molecule has 0 aliphatic heterocycles. The highest BCUT2D eigenvalue weighted by Crippen LogP contribution is 1.68. The summed E-state index contributed by atoms with van der Waals surface area (Å²) in [5, 5.41) is 40.8. The second kappa shape index (κ2) is 19.3. The fourth-order valence-electron chi connectivity index (χ4n) is 0.276. The first-order valence-corrected chi connectivity index (χ1v) is 5.75. The topological polar surface area (TPSA) is 225 Å². The van der Waals surface area contributed by atoms with Gasteiger partial charge in [0.25, 0.3) is 11.9 Å². The molecule has 0 bridgehead atoms. The van der Waals surface area contributed by atoms with Crippen LogP contribution in [0.2, 0.25) is 0 Å². The molecule has 23 heavy (non-hydrogen) atoms. The maximum atomic E-state index is 9.73. The highest BCUT2D eigenvalue weighted by atomic mass is 16.4. The van der Waals surface area contributed by atoms with Gasteiger partial charge in [0.05, 0.1) is 13.1 Å². The lowest BCUT2D eigenvalue weighted by atomic mass is 10.4. The molecule has 1 unspecified atom stereocenters. The Bertz CT molecular complexity index is 347. The van der Waals surface area contributed by atoms with Crippen LogP contribution in [0, 0.1) is 0 Å². The van der Waals surface area contributed by atoms with Crippen LogP contribution in [-0.4, -0.2) is 74.5 Å². The van der Waals surface area contributed by atoms with Crippen LogP contribution in [0.25, 0.3) is 0 Å². The minimum Gasteiger partial charge on any atom is -0.481 e. The molecule has 0 saturated carbocycles. The van der Waals surface area contributed by atoms with Gasteiger partial charge in [-0.2, -0.15) is 0 Å². The SMILES string of the molecule is CC(=O)O.CC(=O)O.CC(N)C(=O)O.O=C(O)CNCC(=O)O. The lowest BCUT2D eigenvalue weighted by Crippen LogP contribution is -2.27. The first-order valence-electron chi connectivity index (χ1n) is 5.75. The van der Waals surface area contributed by atoms with E-state index < -0.39 is 35.9 Å². The number of carboxylic acids is 5. The van der Waals surface area contributed by atoms with Crippen LogP contribution in [0.1, 0.15) is 20.8 Å². The monoisotopic (exact) mass is 342 g/mol. The van der Waals surface area contributed by atoms with E-state index in [-0.39, 0.29) is 13.1 Å². The Hall–Kier alpha value is -2.73. The molecule has 0 rings (SSSR count). The molecule has 136 valence electrons. The first kappa shape index (κ1) is 28.4. The average Bonchev–Trinajstić information content (AvgIpc) is 2.26. The van der Waals surface area contributed by atoms with E-state index >= 15 is 0 Å².